The van der Waals surface area contributed by atoms with Gasteiger partial charge in [0.25, 0.3) is 0 Å². The summed E-state index contributed by atoms with van der Waals surface area (Å²) in [7, 11) is 0. The van der Waals surface area contributed by atoms with Gasteiger partial charge in [0.05, 0.1) is 38.6 Å². The molecule has 0 saturated carbocycles. The number of carbonyl (C=O) groups excluding carboxylic acids is 1. The fourth-order valence-corrected chi connectivity index (χ4v) is 2.22. The molecule has 0 aliphatic carbocycles. The Morgan fingerprint density at radius 2 is 1.31 bits per heavy atom. The Morgan fingerprint density at radius 3 is 1.92 bits per heavy atom. The van der Waals surface area contributed by atoms with Crippen molar-refractivity contribution in [1.82, 2.24) is 0 Å². The Bertz CT molecular complexity index is 460. The van der Waals surface area contributed by atoms with Crippen molar-refractivity contribution in [3.63, 3.8) is 0 Å². The first-order valence-electron chi connectivity index (χ1n) is 9.43. The maximum absolute atomic E-state index is 11.7. The zero-order valence-electron chi connectivity index (χ0n) is 15.8. The zero-order valence-corrected chi connectivity index (χ0v) is 15.8. The first kappa shape index (κ1) is 22.4. The predicted octanol–water partition coefficient (Wildman–Crippen LogP) is 3.57. The van der Waals surface area contributed by atoms with E-state index in [4.69, 9.17) is 24.1 Å². The predicted molar refractivity (Wildman–Crippen MR) is 99.6 cm³/mol. The van der Waals surface area contributed by atoms with E-state index in [2.05, 4.69) is 6.92 Å². The van der Waals surface area contributed by atoms with Gasteiger partial charge < -0.3 is 24.1 Å². The van der Waals surface area contributed by atoms with Crippen molar-refractivity contribution in [1.29, 1.82) is 0 Å². The van der Waals surface area contributed by atoms with E-state index in [1.54, 1.807) is 0 Å². The van der Waals surface area contributed by atoms with Gasteiger partial charge in [-0.3, -0.25) is 0 Å². The minimum absolute atomic E-state index is 0.113. The van der Waals surface area contributed by atoms with E-state index in [1.807, 2.05) is 0 Å². The number of phenols is 1. The lowest BCUT2D eigenvalue weighted by atomic mass is 10.2. The second-order valence-electron chi connectivity index (χ2n) is 5.93. The molecule has 0 fully saturated rings. The first-order valence-corrected chi connectivity index (χ1v) is 9.43. The molecule has 1 rings (SSSR count). The number of hydrogen-bond acceptors (Lipinski definition) is 6. The maximum Gasteiger partial charge on any atom is 0.338 e. The number of ether oxygens (including phenoxy) is 4. The molecule has 0 aliphatic rings. The average Bonchev–Trinajstić information content (AvgIpc) is 2.65. The fraction of sp³-hybridized carbons (Fsp3) is 0.650. The highest BCUT2D eigenvalue weighted by atomic mass is 16.6. The van der Waals surface area contributed by atoms with E-state index in [0.717, 1.165) is 13.0 Å². The molecule has 0 atom stereocenters. The van der Waals surface area contributed by atoms with Crippen molar-refractivity contribution >= 4 is 5.97 Å². The Kier molecular flexibility index (Phi) is 13.5. The SMILES string of the molecule is CCCCCCCOCCOCCOCCOC(=O)c1ccc(O)cc1. The van der Waals surface area contributed by atoms with Gasteiger partial charge in [-0.25, -0.2) is 4.79 Å². The van der Waals surface area contributed by atoms with E-state index in [1.165, 1.54) is 49.9 Å². The van der Waals surface area contributed by atoms with Crippen LogP contribution in [0.4, 0.5) is 0 Å². The molecular weight excluding hydrogens is 336 g/mol. The molecule has 1 aromatic carbocycles. The molecule has 0 saturated heterocycles. The van der Waals surface area contributed by atoms with Crippen molar-refractivity contribution in [3.05, 3.63) is 29.8 Å². The number of carbonyl (C=O) groups is 1. The number of hydrogen-bond donors (Lipinski definition) is 1. The molecule has 6 heteroatoms. The van der Waals surface area contributed by atoms with Crippen LogP contribution in [0.2, 0.25) is 0 Å². The van der Waals surface area contributed by atoms with Crippen molar-refractivity contribution in [3.8, 4) is 5.75 Å². The molecule has 0 spiro atoms. The zero-order chi connectivity index (χ0) is 18.9. The monoisotopic (exact) mass is 368 g/mol. The van der Waals surface area contributed by atoms with Crippen molar-refractivity contribution in [2.75, 3.05) is 46.2 Å². The lowest BCUT2D eigenvalue weighted by molar-refractivity contribution is 0.000186. The van der Waals surface area contributed by atoms with Crippen LogP contribution in [0.15, 0.2) is 24.3 Å². The molecular formula is C20H32O6. The summed E-state index contributed by atoms with van der Waals surface area (Å²) in [6.07, 6.45) is 6.21. The number of unbranched alkanes of at least 4 members (excludes halogenated alkanes) is 4. The van der Waals surface area contributed by atoms with Crippen molar-refractivity contribution < 1.29 is 28.8 Å². The third kappa shape index (κ3) is 11.8. The summed E-state index contributed by atoms with van der Waals surface area (Å²) < 4.78 is 21.3. The number of benzene rings is 1. The van der Waals surface area contributed by atoms with Crippen LogP contribution in [0, 0.1) is 0 Å². The Hall–Kier alpha value is -1.63. The summed E-state index contributed by atoms with van der Waals surface area (Å²) >= 11 is 0. The Morgan fingerprint density at radius 1 is 0.769 bits per heavy atom. The number of rotatable bonds is 16. The third-order valence-corrected chi connectivity index (χ3v) is 3.70. The average molecular weight is 368 g/mol. The number of phenolic OH excluding ortho intramolecular Hbond substituents is 1. The fourth-order valence-electron chi connectivity index (χ4n) is 2.22. The maximum atomic E-state index is 11.7. The van der Waals surface area contributed by atoms with Crippen LogP contribution < -0.4 is 0 Å². The number of aromatic hydroxyl groups is 1. The van der Waals surface area contributed by atoms with E-state index < -0.39 is 5.97 Å². The number of esters is 1. The summed E-state index contributed by atoms with van der Waals surface area (Å²) in [5.41, 5.74) is 0.400. The molecule has 0 aromatic heterocycles. The smallest absolute Gasteiger partial charge is 0.338 e. The van der Waals surface area contributed by atoms with Crippen molar-refractivity contribution in [2.24, 2.45) is 0 Å². The molecule has 0 amide bonds. The minimum Gasteiger partial charge on any atom is -0.508 e. The minimum atomic E-state index is -0.434. The van der Waals surface area contributed by atoms with Gasteiger partial charge in [-0.05, 0) is 30.7 Å². The van der Waals surface area contributed by atoms with E-state index in [9.17, 15) is 4.79 Å². The highest BCUT2D eigenvalue weighted by molar-refractivity contribution is 5.89. The van der Waals surface area contributed by atoms with Crippen LogP contribution in [0.25, 0.3) is 0 Å². The van der Waals surface area contributed by atoms with Gasteiger partial charge in [-0.15, -0.1) is 0 Å². The van der Waals surface area contributed by atoms with Gasteiger partial charge in [0.15, 0.2) is 0 Å². The lowest BCUT2D eigenvalue weighted by Gasteiger charge is -2.08. The third-order valence-electron chi connectivity index (χ3n) is 3.70. The van der Waals surface area contributed by atoms with E-state index >= 15 is 0 Å². The van der Waals surface area contributed by atoms with Crippen LogP contribution in [0.3, 0.4) is 0 Å². The molecule has 0 unspecified atom stereocenters. The molecule has 0 radical (unpaired) electrons. The largest absolute Gasteiger partial charge is 0.508 e. The standard InChI is InChI=1S/C20H32O6/c1-2-3-4-5-6-11-23-12-13-24-14-15-25-16-17-26-20(22)18-7-9-19(21)10-8-18/h7-10,21H,2-6,11-17H2,1H3. The summed E-state index contributed by atoms with van der Waals surface area (Å²) in [6.45, 7) is 5.63. The van der Waals surface area contributed by atoms with E-state index in [0.29, 0.717) is 38.6 Å². The Balaban J connectivity index is 1.82. The summed E-state index contributed by atoms with van der Waals surface area (Å²) in [4.78, 5) is 11.7. The quantitative estimate of drug-likeness (QED) is 0.355. The van der Waals surface area contributed by atoms with Crippen LogP contribution in [-0.4, -0.2) is 57.3 Å². The molecule has 1 N–H and O–H groups in total. The van der Waals surface area contributed by atoms with Gasteiger partial charge in [0.2, 0.25) is 0 Å². The molecule has 0 aliphatic heterocycles. The van der Waals surface area contributed by atoms with Gasteiger partial charge in [0.1, 0.15) is 12.4 Å². The summed E-state index contributed by atoms with van der Waals surface area (Å²) in [5, 5.41) is 9.16. The molecule has 148 valence electrons. The highest BCUT2D eigenvalue weighted by Crippen LogP contribution is 2.10. The molecule has 0 heterocycles. The normalized spacial score (nSPS) is 10.8. The second kappa shape index (κ2) is 15.6. The van der Waals surface area contributed by atoms with E-state index in [-0.39, 0.29) is 12.4 Å². The Labute approximate surface area is 156 Å². The van der Waals surface area contributed by atoms with Crippen LogP contribution >= 0.6 is 0 Å². The first-order chi connectivity index (χ1) is 12.7. The topological polar surface area (TPSA) is 74.2 Å². The van der Waals surface area contributed by atoms with Gasteiger partial charge in [-0.2, -0.15) is 0 Å². The van der Waals surface area contributed by atoms with Gasteiger partial charge >= 0.3 is 5.97 Å². The molecule has 1 aromatic rings. The van der Waals surface area contributed by atoms with Gasteiger partial charge in [-0.1, -0.05) is 32.6 Å². The highest BCUT2D eigenvalue weighted by Gasteiger charge is 2.06. The van der Waals surface area contributed by atoms with Gasteiger partial charge in [0, 0.05) is 6.61 Å². The molecule has 0 bridgehead atoms. The lowest BCUT2D eigenvalue weighted by Crippen LogP contribution is -2.14. The van der Waals surface area contributed by atoms with Crippen molar-refractivity contribution in [2.45, 2.75) is 39.0 Å². The van der Waals surface area contributed by atoms with Crippen LogP contribution in [-0.2, 0) is 18.9 Å². The molecule has 6 nitrogen and oxygen atoms in total. The summed E-state index contributed by atoms with van der Waals surface area (Å²) in [5.74, 6) is -0.320. The summed E-state index contributed by atoms with van der Waals surface area (Å²) in [6, 6.07) is 5.92. The van der Waals surface area contributed by atoms with Crippen LogP contribution in [0.5, 0.6) is 5.75 Å². The van der Waals surface area contributed by atoms with Crippen LogP contribution in [0.1, 0.15) is 49.4 Å². The molecule has 26 heavy (non-hydrogen) atoms. The second-order valence-corrected chi connectivity index (χ2v) is 5.93.